The van der Waals surface area contributed by atoms with Gasteiger partial charge in [-0.25, -0.2) is 13.2 Å². The molecule has 1 atom stereocenters. The number of hydroxylamine groups is 1. The topological polar surface area (TPSA) is 150 Å². The number of hydrogen-bond donors (Lipinski definition) is 2. The number of nitrogens with one attached hydrogen (secondary N) is 2. The first kappa shape index (κ1) is 38.2. The summed E-state index contributed by atoms with van der Waals surface area (Å²) in [7, 11) is -2.74. The summed E-state index contributed by atoms with van der Waals surface area (Å²) in [6.45, 7) is 1.95. The lowest BCUT2D eigenvalue weighted by Crippen LogP contribution is -2.43. The lowest BCUT2D eigenvalue weighted by Gasteiger charge is -2.26. The fraction of sp³-hybridized carbons (Fsp3) is 0.308. The predicted molar refractivity (Wildman–Crippen MR) is 195 cm³/mol. The normalized spacial score (nSPS) is 12.8. The fourth-order valence-corrected chi connectivity index (χ4v) is 7.33. The molecule has 2 amide bonds. The van der Waals surface area contributed by atoms with Gasteiger partial charge in [-0.3, -0.25) is 9.63 Å². The van der Waals surface area contributed by atoms with Crippen molar-refractivity contribution in [2.45, 2.75) is 36.6 Å². The highest BCUT2D eigenvalue weighted by Gasteiger charge is 2.33. The highest BCUT2D eigenvalue weighted by atomic mass is 32.2. The Morgan fingerprint density at radius 3 is 2.02 bits per heavy atom. The molecule has 0 radical (unpaired) electrons. The van der Waals surface area contributed by atoms with E-state index in [1.165, 1.54) is 12.1 Å². The summed E-state index contributed by atoms with van der Waals surface area (Å²) in [4.78, 5) is 42.0. The van der Waals surface area contributed by atoms with Crippen LogP contribution in [-0.2, 0) is 33.9 Å². The van der Waals surface area contributed by atoms with Gasteiger partial charge in [-0.2, -0.15) is 0 Å². The van der Waals surface area contributed by atoms with Crippen molar-refractivity contribution < 1.29 is 41.8 Å². The van der Waals surface area contributed by atoms with Crippen LogP contribution in [0.4, 0.5) is 4.79 Å². The molecule has 0 fully saturated rings. The van der Waals surface area contributed by atoms with Gasteiger partial charge >= 0.3 is 6.09 Å². The lowest BCUT2D eigenvalue weighted by atomic mass is 9.98. The van der Waals surface area contributed by atoms with Gasteiger partial charge in [0, 0.05) is 25.4 Å². The van der Waals surface area contributed by atoms with E-state index in [9.17, 15) is 22.8 Å². The van der Waals surface area contributed by atoms with Crippen molar-refractivity contribution in [3.05, 3.63) is 108 Å². The van der Waals surface area contributed by atoms with Gasteiger partial charge in [0.2, 0.25) is 5.91 Å². The summed E-state index contributed by atoms with van der Waals surface area (Å²) in [6.07, 6.45) is 0.128. The molecule has 0 spiro atoms. The Hall–Kier alpha value is -5.08. The second kappa shape index (κ2) is 18.4. The molecule has 2 N–H and O–H groups in total. The molecule has 12 nitrogen and oxygen atoms in total. The van der Waals surface area contributed by atoms with Gasteiger partial charge in [-0.1, -0.05) is 84.2 Å². The molecular formula is C39H43N3O9S. The standard InChI is InChI=1S/C39H43N3O9S/c1-3-38(44)40-21-20-30(26-43)42(52(46,47)32-18-14-29(15-19-32)28-12-16-31(48-2)17-13-28)51-25-24-49-23-22-41-39(45)50-27-37-35-10-6-4-8-33(35)34-9-5-7-11-36(34)37/h4-19,26,30,37H,3,20-25,27H2,1-2H3,(H,40,44)(H,41,45)/t30-/m1/s1. The SMILES string of the molecule is CCC(=O)NCC[C@H](C=O)N(OCCOCCNC(=O)OCC1c2ccccc2-c2ccccc21)S(=O)(=O)c1ccc(-c2ccc(OC)cc2)cc1. The van der Waals surface area contributed by atoms with Crippen LogP contribution in [-0.4, -0.2) is 83.8 Å². The van der Waals surface area contributed by atoms with Crippen LogP contribution in [0.5, 0.6) is 5.75 Å². The summed E-state index contributed by atoms with van der Waals surface area (Å²) >= 11 is 0. The highest BCUT2D eigenvalue weighted by molar-refractivity contribution is 7.89. The molecule has 52 heavy (non-hydrogen) atoms. The number of benzene rings is 4. The van der Waals surface area contributed by atoms with Crippen molar-refractivity contribution in [2.24, 2.45) is 0 Å². The molecule has 13 heteroatoms. The summed E-state index contributed by atoms with van der Waals surface area (Å²) < 4.78 is 44.6. The number of aldehydes is 1. The quantitative estimate of drug-likeness (QED) is 0.0743. The van der Waals surface area contributed by atoms with Gasteiger partial charge in [0.1, 0.15) is 24.7 Å². The molecule has 4 aromatic carbocycles. The third-order valence-corrected chi connectivity index (χ3v) is 10.3. The summed E-state index contributed by atoms with van der Waals surface area (Å²) in [5.41, 5.74) is 6.15. The van der Waals surface area contributed by atoms with Gasteiger partial charge in [0.05, 0.1) is 31.8 Å². The number of carbonyl (C=O) groups excluding carboxylic acids is 3. The van der Waals surface area contributed by atoms with Crippen LogP contribution < -0.4 is 15.4 Å². The monoisotopic (exact) mass is 729 g/mol. The van der Waals surface area contributed by atoms with Crippen LogP contribution >= 0.6 is 0 Å². The van der Waals surface area contributed by atoms with E-state index < -0.39 is 22.2 Å². The minimum atomic E-state index is -4.32. The average molecular weight is 730 g/mol. The van der Waals surface area contributed by atoms with E-state index >= 15 is 0 Å². The minimum absolute atomic E-state index is 0.0106. The van der Waals surface area contributed by atoms with Gasteiger partial charge in [0.15, 0.2) is 0 Å². The molecule has 0 aromatic heterocycles. The van der Waals surface area contributed by atoms with E-state index in [4.69, 9.17) is 19.0 Å². The predicted octanol–water partition coefficient (Wildman–Crippen LogP) is 5.32. The van der Waals surface area contributed by atoms with Crippen LogP contribution in [0, 0.1) is 0 Å². The van der Waals surface area contributed by atoms with E-state index in [0.717, 1.165) is 33.4 Å². The first-order valence-corrected chi connectivity index (χ1v) is 18.5. The third-order valence-electron chi connectivity index (χ3n) is 8.63. The number of sulfonamides is 1. The smallest absolute Gasteiger partial charge is 0.407 e. The van der Waals surface area contributed by atoms with Crippen molar-refractivity contribution in [1.29, 1.82) is 0 Å². The number of rotatable bonds is 19. The van der Waals surface area contributed by atoms with Crippen molar-refractivity contribution in [1.82, 2.24) is 15.1 Å². The van der Waals surface area contributed by atoms with Crippen LogP contribution in [0.1, 0.15) is 36.8 Å². The Bertz CT molecular complexity index is 1870. The highest BCUT2D eigenvalue weighted by Crippen LogP contribution is 2.44. The molecule has 4 aromatic rings. The Kier molecular flexibility index (Phi) is 13.5. The Morgan fingerprint density at radius 1 is 0.808 bits per heavy atom. The second-order valence-corrected chi connectivity index (χ2v) is 13.7. The molecule has 274 valence electrons. The zero-order valence-electron chi connectivity index (χ0n) is 29.2. The fourth-order valence-electron chi connectivity index (χ4n) is 5.92. The van der Waals surface area contributed by atoms with Crippen molar-refractivity contribution in [2.75, 3.05) is 46.6 Å². The van der Waals surface area contributed by atoms with E-state index in [0.29, 0.717) is 16.5 Å². The number of methoxy groups -OCH3 is 1. The summed E-state index contributed by atoms with van der Waals surface area (Å²) in [5, 5.41) is 5.32. The lowest BCUT2D eigenvalue weighted by molar-refractivity contribution is -0.142. The zero-order chi connectivity index (χ0) is 36.9. The molecule has 0 unspecified atom stereocenters. The molecule has 0 aliphatic heterocycles. The van der Waals surface area contributed by atoms with E-state index in [1.807, 2.05) is 48.5 Å². The van der Waals surface area contributed by atoms with Gasteiger partial charge in [-0.05, 0) is 64.1 Å². The zero-order valence-corrected chi connectivity index (χ0v) is 30.0. The van der Waals surface area contributed by atoms with Crippen LogP contribution in [0.15, 0.2) is 102 Å². The van der Waals surface area contributed by atoms with E-state index in [-0.39, 0.29) is 69.1 Å². The first-order valence-electron chi connectivity index (χ1n) is 17.1. The van der Waals surface area contributed by atoms with E-state index in [2.05, 4.69) is 22.8 Å². The van der Waals surface area contributed by atoms with Crippen LogP contribution in [0.25, 0.3) is 22.3 Å². The van der Waals surface area contributed by atoms with E-state index in [1.54, 1.807) is 38.3 Å². The maximum absolute atomic E-state index is 13.8. The maximum Gasteiger partial charge on any atom is 0.407 e. The van der Waals surface area contributed by atoms with Crippen molar-refractivity contribution in [3.8, 4) is 28.0 Å². The van der Waals surface area contributed by atoms with Gasteiger partial charge in [-0.15, -0.1) is 0 Å². The third kappa shape index (κ3) is 9.42. The maximum atomic E-state index is 13.8. The number of alkyl carbamates (subject to hydrolysis) is 1. The number of fused-ring (bicyclic) bond motifs is 3. The largest absolute Gasteiger partial charge is 0.497 e. The summed E-state index contributed by atoms with van der Waals surface area (Å²) in [6, 6.07) is 28.5. The number of hydrogen-bond acceptors (Lipinski definition) is 9. The second-order valence-electron chi connectivity index (χ2n) is 11.9. The molecule has 0 saturated carbocycles. The first-order chi connectivity index (χ1) is 25.3. The van der Waals surface area contributed by atoms with Crippen LogP contribution in [0.2, 0.25) is 0 Å². The van der Waals surface area contributed by atoms with Gasteiger partial charge < -0.3 is 29.6 Å². The summed E-state index contributed by atoms with van der Waals surface area (Å²) in [5.74, 6) is 0.408. The molecule has 0 saturated heterocycles. The van der Waals surface area contributed by atoms with Crippen molar-refractivity contribution >= 4 is 28.3 Å². The molecule has 1 aliphatic carbocycles. The molecule has 1 aliphatic rings. The van der Waals surface area contributed by atoms with Gasteiger partial charge in [0.25, 0.3) is 10.0 Å². The van der Waals surface area contributed by atoms with Crippen molar-refractivity contribution in [3.63, 3.8) is 0 Å². The molecule has 0 bridgehead atoms. The number of ether oxygens (including phenoxy) is 3. The number of carbonyl (C=O) groups is 3. The molecule has 5 rings (SSSR count). The Balaban J connectivity index is 1.12. The van der Waals surface area contributed by atoms with Crippen LogP contribution in [0.3, 0.4) is 0 Å². The number of nitrogens with zero attached hydrogens (tertiary/aromatic N) is 1. The number of amides is 2. The Labute approximate surface area is 304 Å². The average Bonchev–Trinajstić information content (AvgIpc) is 3.50. The minimum Gasteiger partial charge on any atom is -0.497 e. The Morgan fingerprint density at radius 2 is 1.42 bits per heavy atom. The molecule has 0 heterocycles. The molecular weight excluding hydrogens is 687 g/mol.